The molecule has 0 aromatic heterocycles. The van der Waals surface area contributed by atoms with Gasteiger partial charge in [-0.3, -0.25) is 4.79 Å². The number of rotatable bonds is 4. The summed E-state index contributed by atoms with van der Waals surface area (Å²) in [4.78, 5) is 15.4. The van der Waals surface area contributed by atoms with Crippen molar-refractivity contribution >= 4 is 5.91 Å². The minimum atomic E-state index is -0.173. The lowest BCUT2D eigenvalue weighted by Crippen LogP contribution is -2.40. The molecule has 0 saturated heterocycles. The molecule has 4 nitrogen and oxygen atoms in total. The summed E-state index contributed by atoms with van der Waals surface area (Å²) in [5.41, 5.74) is 5.20. The Hall–Kier alpha value is -3.27. The highest BCUT2D eigenvalue weighted by Crippen LogP contribution is 2.41. The molecule has 0 spiro atoms. The van der Waals surface area contributed by atoms with Crippen LogP contribution in [0.5, 0.6) is 11.5 Å². The fourth-order valence-corrected chi connectivity index (χ4v) is 4.02. The summed E-state index contributed by atoms with van der Waals surface area (Å²) in [6, 6.07) is 21.8. The third-order valence-electron chi connectivity index (χ3n) is 5.55. The second-order valence-electron chi connectivity index (χ2n) is 7.33. The van der Waals surface area contributed by atoms with E-state index in [1.165, 1.54) is 5.56 Å². The highest BCUT2D eigenvalue weighted by molar-refractivity contribution is 5.95. The van der Waals surface area contributed by atoms with Gasteiger partial charge >= 0.3 is 0 Å². The first-order valence-corrected chi connectivity index (χ1v) is 9.79. The standard InChI is InChI=1S/C25H25NO3/c1-17-9-11-19(12-10-17)25(27)26-14-13-20-15-22(28-2)23(29-3)16-21(20)24(26)18-7-5-4-6-8-18/h4-12,15-16,24H,13-14H2,1-3H3. The van der Waals surface area contributed by atoms with Crippen molar-refractivity contribution in [1.82, 2.24) is 4.90 Å². The van der Waals surface area contributed by atoms with Crippen LogP contribution in [0.2, 0.25) is 0 Å². The molecule has 29 heavy (non-hydrogen) atoms. The van der Waals surface area contributed by atoms with Gasteiger partial charge in [0.2, 0.25) is 0 Å². The molecule has 0 radical (unpaired) electrons. The monoisotopic (exact) mass is 387 g/mol. The smallest absolute Gasteiger partial charge is 0.254 e. The molecule has 1 aliphatic rings. The number of methoxy groups -OCH3 is 2. The molecule has 4 heteroatoms. The van der Waals surface area contributed by atoms with Gasteiger partial charge in [-0.15, -0.1) is 0 Å². The molecule has 148 valence electrons. The van der Waals surface area contributed by atoms with Crippen LogP contribution >= 0.6 is 0 Å². The second kappa shape index (κ2) is 8.00. The number of nitrogens with zero attached hydrogens (tertiary/aromatic N) is 1. The van der Waals surface area contributed by atoms with Crippen molar-refractivity contribution < 1.29 is 14.3 Å². The summed E-state index contributed by atoms with van der Waals surface area (Å²) in [6.07, 6.45) is 0.774. The molecule has 3 aromatic carbocycles. The Morgan fingerprint density at radius 3 is 2.24 bits per heavy atom. The number of ether oxygens (including phenoxy) is 2. The van der Waals surface area contributed by atoms with Gasteiger partial charge in [-0.1, -0.05) is 48.0 Å². The summed E-state index contributed by atoms with van der Waals surface area (Å²) >= 11 is 0. The van der Waals surface area contributed by atoms with E-state index in [0.717, 1.165) is 28.9 Å². The molecule has 0 bridgehead atoms. The lowest BCUT2D eigenvalue weighted by molar-refractivity contribution is 0.0694. The predicted molar refractivity (Wildman–Crippen MR) is 114 cm³/mol. The highest BCUT2D eigenvalue weighted by Gasteiger charge is 2.33. The second-order valence-corrected chi connectivity index (χ2v) is 7.33. The van der Waals surface area contributed by atoms with Crippen molar-refractivity contribution in [2.45, 2.75) is 19.4 Å². The molecule has 1 atom stereocenters. The largest absolute Gasteiger partial charge is 0.493 e. The van der Waals surface area contributed by atoms with E-state index in [2.05, 4.69) is 12.1 Å². The fourth-order valence-electron chi connectivity index (χ4n) is 4.02. The van der Waals surface area contributed by atoms with Crippen LogP contribution in [-0.4, -0.2) is 31.6 Å². The molecule has 4 rings (SSSR count). The van der Waals surface area contributed by atoms with Crippen molar-refractivity contribution in [3.05, 3.63) is 94.5 Å². The number of benzene rings is 3. The van der Waals surface area contributed by atoms with Gasteiger partial charge < -0.3 is 14.4 Å². The van der Waals surface area contributed by atoms with Crippen LogP contribution in [0.25, 0.3) is 0 Å². The molecule has 1 unspecified atom stereocenters. The van der Waals surface area contributed by atoms with Crippen molar-refractivity contribution in [2.75, 3.05) is 20.8 Å². The Morgan fingerprint density at radius 1 is 0.931 bits per heavy atom. The maximum absolute atomic E-state index is 13.5. The van der Waals surface area contributed by atoms with E-state index in [1.807, 2.05) is 66.4 Å². The minimum Gasteiger partial charge on any atom is -0.493 e. The summed E-state index contributed by atoms with van der Waals surface area (Å²) in [7, 11) is 3.29. The van der Waals surface area contributed by atoms with Crippen LogP contribution in [0, 0.1) is 6.92 Å². The van der Waals surface area contributed by atoms with Gasteiger partial charge in [0, 0.05) is 12.1 Å². The van der Waals surface area contributed by atoms with Gasteiger partial charge in [0.05, 0.1) is 20.3 Å². The van der Waals surface area contributed by atoms with Gasteiger partial charge in [-0.25, -0.2) is 0 Å². The van der Waals surface area contributed by atoms with E-state index in [9.17, 15) is 4.79 Å². The molecule has 1 amide bonds. The number of amides is 1. The zero-order valence-electron chi connectivity index (χ0n) is 17.0. The third kappa shape index (κ3) is 3.58. The Labute approximate surface area is 171 Å². The molecule has 0 N–H and O–H groups in total. The van der Waals surface area contributed by atoms with Crippen LogP contribution < -0.4 is 9.47 Å². The van der Waals surface area contributed by atoms with Crippen molar-refractivity contribution in [3.63, 3.8) is 0 Å². The molecule has 1 aliphatic heterocycles. The summed E-state index contributed by atoms with van der Waals surface area (Å²) in [5, 5.41) is 0. The lowest BCUT2D eigenvalue weighted by Gasteiger charge is -2.38. The van der Waals surface area contributed by atoms with Gasteiger partial charge in [-0.05, 0) is 54.3 Å². The summed E-state index contributed by atoms with van der Waals surface area (Å²) < 4.78 is 11.0. The maximum atomic E-state index is 13.5. The third-order valence-corrected chi connectivity index (χ3v) is 5.55. The zero-order valence-corrected chi connectivity index (χ0v) is 17.0. The highest BCUT2D eigenvalue weighted by atomic mass is 16.5. The molecule has 3 aromatic rings. The lowest BCUT2D eigenvalue weighted by atomic mass is 9.87. The number of fused-ring (bicyclic) bond motifs is 1. The van der Waals surface area contributed by atoms with Gasteiger partial charge in [0.15, 0.2) is 11.5 Å². The first-order chi connectivity index (χ1) is 14.1. The first kappa shape index (κ1) is 19.1. The van der Waals surface area contributed by atoms with Crippen molar-refractivity contribution in [3.8, 4) is 11.5 Å². The van der Waals surface area contributed by atoms with Crippen LogP contribution in [0.1, 0.15) is 38.7 Å². The number of aryl methyl sites for hydroxylation is 1. The van der Waals surface area contributed by atoms with Crippen LogP contribution in [0.15, 0.2) is 66.7 Å². The molecular weight excluding hydrogens is 362 g/mol. The van der Waals surface area contributed by atoms with E-state index < -0.39 is 0 Å². The van der Waals surface area contributed by atoms with E-state index in [-0.39, 0.29) is 11.9 Å². The fraction of sp³-hybridized carbons (Fsp3) is 0.240. The normalized spacial score (nSPS) is 15.6. The van der Waals surface area contributed by atoms with Crippen LogP contribution in [-0.2, 0) is 6.42 Å². The average Bonchev–Trinajstić information content (AvgIpc) is 2.77. The zero-order chi connectivity index (χ0) is 20.4. The van der Waals surface area contributed by atoms with E-state index in [1.54, 1.807) is 14.2 Å². The van der Waals surface area contributed by atoms with E-state index in [4.69, 9.17) is 9.47 Å². The Morgan fingerprint density at radius 2 is 1.59 bits per heavy atom. The van der Waals surface area contributed by atoms with Crippen molar-refractivity contribution in [1.29, 1.82) is 0 Å². The number of hydrogen-bond donors (Lipinski definition) is 0. The number of hydrogen-bond acceptors (Lipinski definition) is 3. The number of carbonyl (C=O) groups is 1. The summed E-state index contributed by atoms with van der Waals surface area (Å²) in [6.45, 7) is 2.67. The predicted octanol–water partition coefficient (Wildman–Crippen LogP) is 4.80. The first-order valence-electron chi connectivity index (χ1n) is 9.79. The van der Waals surface area contributed by atoms with E-state index in [0.29, 0.717) is 17.9 Å². The van der Waals surface area contributed by atoms with Gasteiger partial charge in [0.1, 0.15) is 0 Å². The molecular formula is C25H25NO3. The molecule has 0 fully saturated rings. The maximum Gasteiger partial charge on any atom is 0.254 e. The van der Waals surface area contributed by atoms with Gasteiger partial charge in [-0.2, -0.15) is 0 Å². The SMILES string of the molecule is COc1cc2c(cc1OC)C(c1ccccc1)N(C(=O)c1ccc(C)cc1)CC2. The molecule has 0 saturated carbocycles. The molecule has 1 heterocycles. The Balaban J connectivity index is 1.83. The summed E-state index contributed by atoms with van der Waals surface area (Å²) in [5.74, 6) is 1.44. The van der Waals surface area contributed by atoms with Crippen molar-refractivity contribution in [2.24, 2.45) is 0 Å². The van der Waals surface area contributed by atoms with Crippen LogP contribution in [0.3, 0.4) is 0 Å². The van der Waals surface area contributed by atoms with Gasteiger partial charge in [0.25, 0.3) is 5.91 Å². The minimum absolute atomic E-state index is 0.0410. The molecule has 0 aliphatic carbocycles. The average molecular weight is 387 g/mol. The quantitative estimate of drug-likeness (QED) is 0.645. The Kier molecular flexibility index (Phi) is 5.26. The topological polar surface area (TPSA) is 38.8 Å². The number of carbonyl (C=O) groups excluding carboxylic acids is 1. The van der Waals surface area contributed by atoms with E-state index >= 15 is 0 Å². The Bertz CT molecular complexity index is 1010. The van der Waals surface area contributed by atoms with Crippen LogP contribution in [0.4, 0.5) is 0 Å².